The van der Waals surface area contributed by atoms with Crippen LogP contribution in [-0.2, 0) is 16.0 Å². The van der Waals surface area contributed by atoms with E-state index in [2.05, 4.69) is 26.4 Å². The number of aromatic nitrogens is 3. The van der Waals surface area contributed by atoms with Crippen molar-refractivity contribution in [2.45, 2.75) is 20.3 Å². The van der Waals surface area contributed by atoms with Gasteiger partial charge in [0.2, 0.25) is 0 Å². The van der Waals surface area contributed by atoms with E-state index < -0.39 is 5.63 Å². The van der Waals surface area contributed by atoms with Crippen LogP contribution in [0.3, 0.4) is 0 Å². The maximum Gasteiger partial charge on any atom is 0.448 e. The summed E-state index contributed by atoms with van der Waals surface area (Å²) in [5.74, 6) is 0. The zero-order chi connectivity index (χ0) is 20.4. The summed E-state index contributed by atoms with van der Waals surface area (Å²) >= 11 is 0. The van der Waals surface area contributed by atoms with Crippen LogP contribution in [0.4, 0.5) is 5.69 Å². The highest BCUT2D eigenvalue weighted by atomic mass is 16.5. The van der Waals surface area contributed by atoms with E-state index in [4.69, 9.17) is 4.42 Å². The Kier molecular flexibility index (Phi) is 4.92. The summed E-state index contributed by atoms with van der Waals surface area (Å²) < 4.78 is 10.2. The van der Waals surface area contributed by atoms with Crippen LogP contribution in [0.1, 0.15) is 18.3 Å². The van der Waals surface area contributed by atoms with E-state index in [-0.39, 0.29) is 6.61 Å². The molecule has 148 valence electrons. The van der Waals surface area contributed by atoms with Crippen molar-refractivity contribution < 1.29 is 13.9 Å². The Morgan fingerprint density at radius 2 is 2.17 bits per heavy atom. The first-order chi connectivity index (χ1) is 14.1. The molecule has 0 unspecified atom stereocenters. The van der Waals surface area contributed by atoms with E-state index in [9.17, 15) is 9.59 Å². The van der Waals surface area contributed by atoms with Gasteiger partial charge in [-0.1, -0.05) is 11.8 Å². The van der Waals surface area contributed by atoms with Crippen molar-refractivity contribution in [3.8, 4) is 5.69 Å². The van der Waals surface area contributed by atoms with E-state index in [1.165, 1.54) is 0 Å². The number of hydrazone groups is 1. The highest BCUT2D eigenvalue weighted by Gasteiger charge is 2.30. The van der Waals surface area contributed by atoms with Gasteiger partial charge in [-0.2, -0.15) is 15.0 Å². The highest BCUT2D eigenvalue weighted by Crippen LogP contribution is 2.22. The van der Waals surface area contributed by atoms with Crippen LogP contribution in [0, 0.1) is 6.92 Å². The monoisotopic (exact) mass is 395 g/mol. The van der Waals surface area contributed by atoms with Crippen molar-refractivity contribution in [2.24, 2.45) is 5.10 Å². The molecule has 0 saturated heterocycles. The smallest absolute Gasteiger partial charge is 0.448 e. The Hall–Kier alpha value is -3.78. The van der Waals surface area contributed by atoms with Crippen LogP contribution in [0.5, 0.6) is 0 Å². The molecule has 2 aromatic heterocycles. The van der Waals surface area contributed by atoms with Crippen molar-refractivity contribution in [2.75, 3.05) is 24.7 Å². The second-order valence-electron chi connectivity index (χ2n) is 6.48. The zero-order valence-electron chi connectivity index (χ0n) is 16.0. The fourth-order valence-corrected chi connectivity index (χ4v) is 3.05. The molecule has 1 aliphatic rings. The van der Waals surface area contributed by atoms with Crippen molar-refractivity contribution in [3.63, 3.8) is 0 Å². The molecule has 0 fully saturated rings. The van der Waals surface area contributed by atoms with Gasteiger partial charge in [0.1, 0.15) is 12.2 Å². The SMILES string of the molecule is CCc1nn(-c2ccc3cc(N4[C+]=NN(CCOC=O)C4)c(=O)oc3c2)nc1C. The number of anilines is 1. The van der Waals surface area contributed by atoms with Crippen LogP contribution in [0.25, 0.3) is 16.7 Å². The predicted molar refractivity (Wildman–Crippen MR) is 105 cm³/mol. The average molecular weight is 395 g/mol. The van der Waals surface area contributed by atoms with Gasteiger partial charge >= 0.3 is 12.0 Å². The van der Waals surface area contributed by atoms with Crippen LogP contribution in [-0.4, -0.2) is 52.6 Å². The molecular formula is C19H19N6O4+. The zero-order valence-corrected chi connectivity index (χ0v) is 16.0. The van der Waals surface area contributed by atoms with Crippen LogP contribution in [0.15, 0.2) is 38.6 Å². The van der Waals surface area contributed by atoms with Gasteiger partial charge in [0, 0.05) is 16.6 Å². The number of hydrogen-bond donors (Lipinski definition) is 0. The molecule has 3 heterocycles. The largest absolute Gasteiger partial charge is 0.466 e. The number of benzene rings is 1. The Morgan fingerprint density at radius 1 is 1.31 bits per heavy atom. The molecule has 0 saturated carbocycles. The van der Waals surface area contributed by atoms with Gasteiger partial charge in [0.25, 0.3) is 12.2 Å². The Morgan fingerprint density at radius 3 is 2.93 bits per heavy atom. The number of aryl methyl sites for hydroxylation is 2. The van der Waals surface area contributed by atoms with Gasteiger partial charge in [-0.25, -0.2) is 9.80 Å². The molecule has 0 amide bonds. The van der Waals surface area contributed by atoms with Gasteiger partial charge in [-0.3, -0.25) is 4.79 Å². The van der Waals surface area contributed by atoms with E-state index in [1.54, 1.807) is 26.8 Å². The minimum absolute atomic E-state index is 0.207. The average Bonchev–Trinajstić information content (AvgIpc) is 3.33. The summed E-state index contributed by atoms with van der Waals surface area (Å²) in [5, 5.41) is 15.3. The quantitative estimate of drug-likeness (QED) is 0.255. The van der Waals surface area contributed by atoms with Crippen LogP contribution < -0.4 is 10.5 Å². The fraction of sp³-hybridized carbons (Fsp3) is 0.316. The third-order valence-electron chi connectivity index (χ3n) is 4.58. The van der Waals surface area contributed by atoms with E-state index in [0.717, 1.165) is 23.2 Å². The maximum absolute atomic E-state index is 12.5. The normalized spacial score (nSPS) is 13.2. The minimum Gasteiger partial charge on any atom is -0.466 e. The van der Waals surface area contributed by atoms with Gasteiger partial charge < -0.3 is 9.15 Å². The molecule has 4 rings (SSSR count). The lowest BCUT2D eigenvalue weighted by atomic mass is 10.2. The molecule has 10 heteroatoms. The van der Waals surface area contributed by atoms with Crippen LogP contribution >= 0.6 is 0 Å². The van der Waals surface area contributed by atoms with Crippen molar-refractivity contribution in [1.29, 1.82) is 0 Å². The maximum atomic E-state index is 12.5. The molecule has 0 radical (unpaired) electrons. The summed E-state index contributed by atoms with van der Waals surface area (Å²) in [5.41, 5.74) is 2.78. The molecule has 0 bridgehead atoms. The Balaban J connectivity index is 1.59. The lowest BCUT2D eigenvalue weighted by Gasteiger charge is -2.10. The Bertz CT molecular complexity index is 1140. The number of rotatable bonds is 7. The molecule has 29 heavy (non-hydrogen) atoms. The number of ether oxygens (including phenoxy) is 1. The number of fused-ring (bicyclic) bond motifs is 1. The third-order valence-corrected chi connectivity index (χ3v) is 4.58. The fourth-order valence-electron chi connectivity index (χ4n) is 3.05. The van der Waals surface area contributed by atoms with Crippen molar-refractivity contribution in [1.82, 2.24) is 20.0 Å². The van der Waals surface area contributed by atoms with E-state index >= 15 is 0 Å². The van der Waals surface area contributed by atoms with Crippen molar-refractivity contribution >= 4 is 29.5 Å². The second kappa shape index (κ2) is 7.69. The van der Waals surface area contributed by atoms with Gasteiger partial charge in [-0.15, -0.1) is 0 Å². The molecule has 0 spiro atoms. The summed E-state index contributed by atoms with van der Waals surface area (Å²) in [6, 6.07) is 7.20. The van der Waals surface area contributed by atoms with Crippen LogP contribution in [0.2, 0.25) is 0 Å². The molecule has 0 atom stereocenters. The third kappa shape index (κ3) is 3.65. The van der Waals surface area contributed by atoms with Gasteiger partial charge in [0.15, 0.2) is 6.67 Å². The summed E-state index contributed by atoms with van der Waals surface area (Å²) in [7, 11) is 0. The van der Waals surface area contributed by atoms with E-state index in [0.29, 0.717) is 36.6 Å². The second-order valence-corrected chi connectivity index (χ2v) is 6.48. The van der Waals surface area contributed by atoms with E-state index in [1.807, 2.05) is 26.0 Å². The van der Waals surface area contributed by atoms with Gasteiger partial charge in [-0.05, 0) is 25.5 Å². The first-order valence-corrected chi connectivity index (χ1v) is 9.14. The molecule has 3 aromatic rings. The molecule has 1 aliphatic heterocycles. The topological polar surface area (TPSA) is 106 Å². The number of carbonyl (C=O) groups is 1. The Labute approximate surface area is 166 Å². The lowest BCUT2D eigenvalue weighted by Crippen LogP contribution is -2.31. The number of carbonyl (C=O) groups excluding carboxylic acids is 1. The molecule has 0 N–H and O–H groups in total. The lowest BCUT2D eigenvalue weighted by molar-refractivity contribution is -0.129. The van der Waals surface area contributed by atoms with Crippen molar-refractivity contribution in [3.05, 3.63) is 46.1 Å². The molecule has 0 aliphatic carbocycles. The highest BCUT2D eigenvalue weighted by molar-refractivity contribution is 5.86. The summed E-state index contributed by atoms with van der Waals surface area (Å²) in [4.78, 5) is 25.8. The van der Waals surface area contributed by atoms with Gasteiger partial charge in [0.05, 0.1) is 29.7 Å². The summed E-state index contributed by atoms with van der Waals surface area (Å²) in [6.07, 6.45) is 3.56. The molecular weight excluding hydrogens is 376 g/mol. The summed E-state index contributed by atoms with van der Waals surface area (Å²) in [6.45, 7) is 5.25. The molecule has 1 aromatic carbocycles. The number of nitrogens with zero attached hydrogens (tertiary/aromatic N) is 6. The number of hydrogen-bond acceptors (Lipinski definition) is 9. The standard InChI is InChI=1S/C19H19N6O4/c1-3-16-13(2)21-25(22-16)15-5-4-14-8-17(19(27)29-18(14)9-15)23-10-20-24(11-23)6-7-28-12-26/h4-5,8-9,12H,3,6-7,11H2,1-2H3/q+1. The minimum atomic E-state index is -0.498. The first-order valence-electron chi connectivity index (χ1n) is 9.14. The predicted octanol–water partition coefficient (Wildman–Crippen LogP) is 1.32. The first kappa shape index (κ1) is 18.6. The molecule has 10 nitrogen and oxygen atoms in total.